The third-order valence-electron chi connectivity index (χ3n) is 3.64. The Hall–Kier alpha value is -1.05. The molecule has 0 radical (unpaired) electrons. The van der Waals surface area contributed by atoms with Crippen LogP contribution in [0.5, 0.6) is 0 Å². The Kier molecular flexibility index (Phi) is 5.64. The molecule has 0 aromatic carbocycles. The fraction of sp³-hybridized carbons (Fsp3) is 0.688. The summed E-state index contributed by atoms with van der Waals surface area (Å²) in [6.45, 7) is 6.94. The molecule has 102 valence electrons. The van der Waals surface area contributed by atoms with E-state index in [1.54, 1.807) is 0 Å². The summed E-state index contributed by atoms with van der Waals surface area (Å²) in [5, 5.41) is 0. The predicted molar refractivity (Wildman–Crippen MR) is 80.3 cm³/mol. The Morgan fingerprint density at radius 2 is 1.89 bits per heavy atom. The first-order valence-electron chi connectivity index (χ1n) is 7.11. The molecule has 0 aliphatic heterocycles. The summed E-state index contributed by atoms with van der Waals surface area (Å²) in [5.74, 6) is 1.05. The molecule has 1 heterocycles. The molecule has 18 heavy (non-hydrogen) atoms. The van der Waals surface area contributed by atoms with Gasteiger partial charge in [0.05, 0.1) is 0 Å². The third-order valence-corrected chi connectivity index (χ3v) is 3.64. The molecule has 1 aromatic heterocycles. The molecule has 0 fully saturated rings. The van der Waals surface area contributed by atoms with Crippen LogP contribution in [0.25, 0.3) is 0 Å². The quantitative estimate of drug-likeness (QED) is 0.665. The van der Waals surface area contributed by atoms with Crippen molar-refractivity contribution in [3.8, 4) is 0 Å². The van der Waals surface area contributed by atoms with Gasteiger partial charge in [-0.05, 0) is 29.5 Å². The van der Waals surface area contributed by atoms with Crippen LogP contribution in [0.4, 0.5) is 5.82 Å². The highest BCUT2D eigenvalue weighted by atomic mass is 15.1. The fourth-order valence-corrected chi connectivity index (χ4v) is 2.22. The van der Waals surface area contributed by atoms with Crippen molar-refractivity contribution >= 4 is 5.82 Å². The predicted octanol–water partition coefficient (Wildman–Crippen LogP) is 4.40. The monoisotopic (exact) mass is 248 g/mol. The number of aromatic nitrogens is 1. The lowest BCUT2D eigenvalue weighted by Gasteiger charge is -2.26. The Balaban J connectivity index is 2.68. The average molecular weight is 248 g/mol. The first-order valence-corrected chi connectivity index (χ1v) is 7.11. The Labute approximate surface area is 112 Å². The minimum Gasteiger partial charge on any atom is -0.363 e. The van der Waals surface area contributed by atoms with Crippen molar-refractivity contribution in [2.24, 2.45) is 0 Å². The van der Waals surface area contributed by atoms with E-state index in [9.17, 15) is 0 Å². The van der Waals surface area contributed by atoms with Gasteiger partial charge in [0.15, 0.2) is 0 Å². The van der Waals surface area contributed by atoms with Gasteiger partial charge in [-0.15, -0.1) is 0 Å². The summed E-state index contributed by atoms with van der Waals surface area (Å²) < 4.78 is 0. The number of rotatable bonds is 7. The molecule has 1 aromatic rings. The highest BCUT2D eigenvalue weighted by Gasteiger charge is 2.20. The lowest BCUT2D eigenvalue weighted by atomic mass is 9.80. The van der Waals surface area contributed by atoms with Crippen molar-refractivity contribution in [3.05, 3.63) is 23.9 Å². The zero-order chi connectivity index (χ0) is 13.6. The minimum absolute atomic E-state index is 0.251. The number of hydrogen-bond acceptors (Lipinski definition) is 2. The van der Waals surface area contributed by atoms with Crippen LogP contribution < -0.4 is 4.90 Å². The van der Waals surface area contributed by atoms with E-state index in [1.165, 1.54) is 37.7 Å². The van der Waals surface area contributed by atoms with E-state index in [0.29, 0.717) is 0 Å². The standard InChI is InChI=1S/C16H28N2/c1-6-7-8-9-11-16(2,3)14-10-12-17-15(13-14)18(4)5/h10,12-13H,6-9,11H2,1-5H3. The van der Waals surface area contributed by atoms with E-state index < -0.39 is 0 Å². The van der Waals surface area contributed by atoms with Gasteiger partial charge < -0.3 is 4.90 Å². The molecule has 0 saturated carbocycles. The van der Waals surface area contributed by atoms with Crippen molar-refractivity contribution in [2.75, 3.05) is 19.0 Å². The van der Waals surface area contributed by atoms with Crippen LogP contribution in [0, 0.1) is 0 Å². The fourth-order valence-electron chi connectivity index (χ4n) is 2.22. The Bertz CT molecular complexity index is 356. The van der Waals surface area contributed by atoms with E-state index in [4.69, 9.17) is 0 Å². The largest absolute Gasteiger partial charge is 0.363 e. The van der Waals surface area contributed by atoms with E-state index in [1.807, 2.05) is 20.3 Å². The summed E-state index contributed by atoms with van der Waals surface area (Å²) in [6.07, 6.45) is 8.52. The molecule has 2 heteroatoms. The molecular formula is C16H28N2. The van der Waals surface area contributed by atoms with Crippen molar-refractivity contribution in [2.45, 2.75) is 58.3 Å². The molecule has 0 amide bonds. The number of hydrogen-bond donors (Lipinski definition) is 0. The molecule has 0 aliphatic rings. The second-order valence-corrected chi connectivity index (χ2v) is 5.99. The lowest BCUT2D eigenvalue weighted by Crippen LogP contribution is -2.19. The Morgan fingerprint density at radius 1 is 1.17 bits per heavy atom. The summed E-state index contributed by atoms with van der Waals surface area (Å²) in [6, 6.07) is 4.38. The molecule has 0 unspecified atom stereocenters. The van der Waals surface area contributed by atoms with Crippen LogP contribution in [0.3, 0.4) is 0 Å². The summed E-state index contributed by atoms with van der Waals surface area (Å²) in [4.78, 5) is 6.45. The van der Waals surface area contributed by atoms with Gasteiger partial charge in [0.25, 0.3) is 0 Å². The molecule has 2 nitrogen and oxygen atoms in total. The second-order valence-electron chi connectivity index (χ2n) is 5.99. The molecule has 0 spiro atoms. The maximum absolute atomic E-state index is 4.39. The Morgan fingerprint density at radius 3 is 2.50 bits per heavy atom. The first kappa shape index (κ1) is 15.0. The molecule has 0 saturated heterocycles. The maximum atomic E-state index is 4.39. The normalized spacial score (nSPS) is 11.6. The summed E-state index contributed by atoms with van der Waals surface area (Å²) in [7, 11) is 4.08. The van der Waals surface area contributed by atoms with E-state index >= 15 is 0 Å². The molecular weight excluding hydrogens is 220 g/mol. The highest BCUT2D eigenvalue weighted by Crippen LogP contribution is 2.30. The second kappa shape index (κ2) is 6.77. The zero-order valence-electron chi connectivity index (χ0n) is 12.7. The highest BCUT2D eigenvalue weighted by molar-refractivity contribution is 5.41. The van der Waals surface area contributed by atoms with Gasteiger partial charge in [-0.1, -0.05) is 46.5 Å². The van der Waals surface area contributed by atoms with Gasteiger partial charge in [-0.3, -0.25) is 0 Å². The van der Waals surface area contributed by atoms with Crippen LogP contribution >= 0.6 is 0 Å². The number of unbranched alkanes of at least 4 members (excludes halogenated alkanes) is 3. The van der Waals surface area contributed by atoms with Crippen LogP contribution in [-0.2, 0) is 5.41 Å². The summed E-state index contributed by atoms with van der Waals surface area (Å²) in [5.41, 5.74) is 1.65. The van der Waals surface area contributed by atoms with Gasteiger partial charge in [0.2, 0.25) is 0 Å². The molecule has 0 N–H and O–H groups in total. The maximum Gasteiger partial charge on any atom is 0.128 e. The average Bonchev–Trinajstić information content (AvgIpc) is 2.35. The van der Waals surface area contributed by atoms with E-state index in [2.05, 4.69) is 42.8 Å². The molecule has 0 atom stereocenters. The smallest absolute Gasteiger partial charge is 0.128 e. The van der Waals surface area contributed by atoms with Crippen molar-refractivity contribution in [1.82, 2.24) is 4.98 Å². The summed E-state index contributed by atoms with van der Waals surface area (Å²) >= 11 is 0. The molecule has 0 aliphatic carbocycles. The van der Waals surface area contributed by atoms with Crippen LogP contribution in [0.2, 0.25) is 0 Å². The minimum atomic E-state index is 0.251. The zero-order valence-corrected chi connectivity index (χ0v) is 12.7. The van der Waals surface area contributed by atoms with Crippen LogP contribution in [0.15, 0.2) is 18.3 Å². The van der Waals surface area contributed by atoms with E-state index in [-0.39, 0.29) is 5.41 Å². The number of pyridine rings is 1. The molecule has 0 bridgehead atoms. The van der Waals surface area contributed by atoms with Crippen LogP contribution in [-0.4, -0.2) is 19.1 Å². The van der Waals surface area contributed by atoms with Crippen molar-refractivity contribution < 1.29 is 0 Å². The SMILES string of the molecule is CCCCCCC(C)(C)c1ccnc(N(C)C)c1. The van der Waals surface area contributed by atoms with Gasteiger partial charge >= 0.3 is 0 Å². The van der Waals surface area contributed by atoms with Gasteiger partial charge in [0.1, 0.15) is 5.82 Å². The topological polar surface area (TPSA) is 16.1 Å². The first-order chi connectivity index (χ1) is 8.47. The van der Waals surface area contributed by atoms with Crippen molar-refractivity contribution in [1.29, 1.82) is 0 Å². The third kappa shape index (κ3) is 4.32. The van der Waals surface area contributed by atoms with E-state index in [0.717, 1.165) is 5.82 Å². The van der Waals surface area contributed by atoms with Gasteiger partial charge in [0, 0.05) is 20.3 Å². The van der Waals surface area contributed by atoms with Gasteiger partial charge in [-0.25, -0.2) is 4.98 Å². The van der Waals surface area contributed by atoms with Crippen LogP contribution in [0.1, 0.15) is 58.4 Å². The number of anilines is 1. The van der Waals surface area contributed by atoms with Gasteiger partial charge in [-0.2, -0.15) is 0 Å². The lowest BCUT2D eigenvalue weighted by molar-refractivity contribution is 0.446. The van der Waals surface area contributed by atoms with Crippen molar-refractivity contribution in [3.63, 3.8) is 0 Å². The molecule has 1 rings (SSSR count). The number of nitrogens with zero attached hydrogens (tertiary/aromatic N) is 2.